The minimum absolute atomic E-state index is 0.0587. The molecule has 0 radical (unpaired) electrons. The molecule has 3 N–H and O–H groups in total. The third kappa shape index (κ3) is 7.95. The molecule has 0 saturated carbocycles. The second-order valence-electron chi connectivity index (χ2n) is 10.5. The fourth-order valence-corrected chi connectivity index (χ4v) is 4.68. The number of carbonyl (C=O) groups is 3. The molecule has 0 unspecified atom stereocenters. The maximum atomic E-state index is 13.1. The lowest BCUT2D eigenvalue weighted by Gasteiger charge is -2.31. The zero-order valence-corrected chi connectivity index (χ0v) is 23.6. The summed E-state index contributed by atoms with van der Waals surface area (Å²) < 4.78 is 16.3. The SMILES string of the molecule is CCC(CC)(NC(=O)OCC1c2ccccc2-c2ccccc21)C(=O)NCCOCCNC(=O)OC(C)(C)C. The molecule has 1 aliphatic carbocycles. The van der Waals surface area contributed by atoms with Gasteiger partial charge in [-0.05, 0) is 55.9 Å². The highest BCUT2D eigenvalue weighted by molar-refractivity contribution is 5.90. The number of hydrogen-bond acceptors (Lipinski definition) is 6. The smallest absolute Gasteiger partial charge is 0.408 e. The van der Waals surface area contributed by atoms with Crippen LogP contribution < -0.4 is 16.0 Å². The second kappa shape index (κ2) is 13.5. The Labute approximate surface area is 231 Å². The maximum Gasteiger partial charge on any atom is 0.408 e. The normalized spacial score (nSPS) is 12.7. The average molecular weight is 540 g/mol. The summed E-state index contributed by atoms with van der Waals surface area (Å²) in [4.78, 5) is 37.6. The van der Waals surface area contributed by atoms with E-state index in [2.05, 4.69) is 40.2 Å². The summed E-state index contributed by atoms with van der Waals surface area (Å²) in [7, 11) is 0. The van der Waals surface area contributed by atoms with Gasteiger partial charge in [-0.15, -0.1) is 0 Å². The molecule has 0 fully saturated rings. The molecule has 3 rings (SSSR count). The molecule has 0 spiro atoms. The van der Waals surface area contributed by atoms with E-state index in [-0.39, 0.29) is 38.2 Å². The van der Waals surface area contributed by atoms with Gasteiger partial charge in [-0.3, -0.25) is 4.79 Å². The molecule has 1 aliphatic rings. The fraction of sp³-hybridized carbons (Fsp3) is 0.500. The molecule has 2 aromatic carbocycles. The van der Waals surface area contributed by atoms with Crippen LogP contribution in [0.4, 0.5) is 9.59 Å². The van der Waals surface area contributed by atoms with E-state index >= 15 is 0 Å². The van der Waals surface area contributed by atoms with Crippen molar-refractivity contribution in [2.24, 2.45) is 0 Å². The molecule has 0 aromatic heterocycles. The zero-order valence-electron chi connectivity index (χ0n) is 23.6. The number of hydrogen-bond donors (Lipinski definition) is 3. The second-order valence-corrected chi connectivity index (χ2v) is 10.5. The van der Waals surface area contributed by atoms with Crippen molar-refractivity contribution in [2.75, 3.05) is 32.9 Å². The van der Waals surface area contributed by atoms with Crippen LogP contribution in [0.15, 0.2) is 48.5 Å². The molecule has 9 nitrogen and oxygen atoms in total. The van der Waals surface area contributed by atoms with Gasteiger partial charge >= 0.3 is 12.2 Å². The number of benzene rings is 2. The predicted octanol–water partition coefficient (Wildman–Crippen LogP) is 4.74. The Morgan fingerprint density at radius 2 is 1.33 bits per heavy atom. The first-order valence-corrected chi connectivity index (χ1v) is 13.6. The van der Waals surface area contributed by atoms with Gasteiger partial charge in [-0.25, -0.2) is 9.59 Å². The van der Waals surface area contributed by atoms with Crippen molar-refractivity contribution in [2.45, 2.75) is 64.5 Å². The van der Waals surface area contributed by atoms with Gasteiger partial charge in [0.25, 0.3) is 0 Å². The van der Waals surface area contributed by atoms with E-state index in [9.17, 15) is 14.4 Å². The van der Waals surface area contributed by atoms with E-state index in [1.165, 1.54) is 0 Å². The Morgan fingerprint density at radius 1 is 0.795 bits per heavy atom. The van der Waals surface area contributed by atoms with Crippen molar-refractivity contribution in [3.63, 3.8) is 0 Å². The number of fused-ring (bicyclic) bond motifs is 3. The largest absolute Gasteiger partial charge is 0.449 e. The Morgan fingerprint density at radius 3 is 1.87 bits per heavy atom. The first-order chi connectivity index (χ1) is 18.6. The number of amides is 3. The number of ether oxygens (including phenoxy) is 3. The highest BCUT2D eigenvalue weighted by Crippen LogP contribution is 2.44. The monoisotopic (exact) mass is 539 g/mol. The van der Waals surface area contributed by atoms with E-state index in [0.717, 1.165) is 22.3 Å². The van der Waals surface area contributed by atoms with Gasteiger partial charge < -0.3 is 30.2 Å². The topological polar surface area (TPSA) is 115 Å². The third-order valence-corrected chi connectivity index (χ3v) is 6.77. The number of carbonyl (C=O) groups excluding carboxylic acids is 3. The minimum atomic E-state index is -1.10. The van der Waals surface area contributed by atoms with Crippen molar-refractivity contribution in [3.05, 3.63) is 59.7 Å². The van der Waals surface area contributed by atoms with Crippen LogP contribution in [0.1, 0.15) is 64.5 Å². The summed E-state index contributed by atoms with van der Waals surface area (Å²) >= 11 is 0. The van der Waals surface area contributed by atoms with Crippen molar-refractivity contribution in [1.29, 1.82) is 0 Å². The van der Waals surface area contributed by atoms with Gasteiger partial charge in [0.1, 0.15) is 17.7 Å². The van der Waals surface area contributed by atoms with Crippen LogP contribution in [-0.2, 0) is 19.0 Å². The zero-order chi connectivity index (χ0) is 28.5. The predicted molar refractivity (Wildman–Crippen MR) is 150 cm³/mol. The fourth-order valence-electron chi connectivity index (χ4n) is 4.68. The van der Waals surface area contributed by atoms with Crippen LogP contribution in [0.25, 0.3) is 11.1 Å². The molecule has 0 atom stereocenters. The van der Waals surface area contributed by atoms with E-state index < -0.39 is 23.3 Å². The van der Waals surface area contributed by atoms with Gasteiger partial charge in [0.2, 0.25) is 5.91 Å². The van der Waals surface area contributed by atoms with Crippen LogP contribution in [0.5, 0.6) is 0 Å². The van der Waals surface area contributed by atoms with E-state index in [1.807, 2.05) is 38.1 Å². The van der Waals surface area contributed by atoms with E-state index in [4.69, 9.17) is 14.2 Å². The lowest BCUT2D eigenvalue weighted by atomic mass is 9.92. The van der Waals surface area contributed by atoms with Crippen molar-refractivity contribution < 1.29 is 28.6 Å². The number of nitrogens with one attached hydrogen (secondary N) is 3. The third-order valence-electron chi connectivity index (χ3n) is 6.77. The van der Waals surface area contributed by atoms with Gasteiger partial charge in [-0.1, -0.05) is 62.4 Å². The maximum absolute atomic E-state index is 13.1. The first-order valence-electron chi connectivity index (χ1n) is 13.6. The summed E-state index contributed by atoms with van der Waals surface area (Å²) in [5.41, 5.74) is 2.90. The van der Waals surface area contributed by atoms with Gasteiger partial charge in [0, 0.05) is 19.0 Å². The van der Waals surface area contributed by atoms with Crippen LogP contribution in [-0.4, -0.2) is 62.1 Å². The van der Waals surface area contributed by atoms with Gasteiger partial charge in [-0.2, -0.15) is 0 Å². The first kappa shape index (κ1) is 30.0. The molecular formula is C30H41N3O6. The molecule has 0 heterocycles. The van der Waals surface area contributed by atoms with Gasteiger partial charge in [0.05, 0.1) is 13.2 Å². The quantitative estimate of drug-likeness (QED) is 0.336. The number of rotatable bonds is 12. The average Bonchev–Trinajstić information content (AvgIpc) is 3.22. The highest BCUT2D eigenvalue weighted by atomic mass is 16.6. The summed E-state index contributed by atoms with van der Waals surface area (Å²) in [6, 6.07) is 16.3. The van der Waals surface area contributed by atoms with Crippen molar-refractivity contribution in [1.82, 2.24) is 16.0 Å². The number of alkyl carbamates (subject to hydrolysis) is 2. The van der Waals surface area contributed by atoms with Crippen LogP contribution in [0.3, 0.4) is 0 Å². The van der Waals surface area contributed by atoms with E-state index in [1.54, 1.807) is 20.8 Å². The Bertz CT molecular complexity index is 1090. The lowest BCUT2D eigenvalue weighted by molar-refractivity contribution is -0.128. The Hall–Kier alpha value is -3.59. The molecule has 2 aromatic rings. The molecule has 39 heavy (non-hydrogen) atoms. The van der Waals surface area contributed by atoms with Crippen LogP contribution in [0, 0.1) is 0 Å². The minimum Gasteiger partial charge on any atom is -0.449 e. The molecular weight excluding hydrogens is 498 g/mol. The van der Waals surface area contributed by atoms with Crippen LogP contribution in [0.2, 0.25) is 0 Å². The van der Waals surface area contributed by atoms with Crippen molar-refractivity contribution in [3.8, 4) is 11.1 Å². The molecule has 212 valence electrons. The summed E-state index contributed by atoms with van der Waals surface area (Å²) in [5.74, 6) is -0.354. The summed E-state index contributed by atoms with van der Waals surface area (Å²) in [5, 5.41) is 8.27. The van der Waals surface area contributed by atoms with Crippen molar-refractivity contribution >= 4 is 18.1 Å². The standard InChI is InChI=1S/C30H41N3O6/c1-6-30(7-2,26(34)31-16-18-37-19-17-32-27(35)39-29(3,4)5)33-28(36)38-20-25-23-14-10-8-12-21(23)22-13-9-11-15-24(22)25/h8-15,25H,6-7,16-20H2,1-5H3,(H,31,34)(H,32,35)(H,33,36). The summed E-state index contributed by atoms with van der Waals surface area (Å²) in [6.45, 7) is 10.4. The molecule has 0 saturated heterocycles. The Kier molecular flexibility index (Phi) is 10.3. The summed E-state index contributed by atoms with van der Waals surface area (Å²) in [6.07, 6.45) is -0.324. The lowest BCUT2D eigenvalue weighted by Crippen LogP contribution is -2.58. The van der Waals surface area contributed by atoms with Gasteiger partial charge in [0.15, 0.2) is 0 Å². The Balaban J connectivity index is 1.45. The highest BCUT2D eigenvalue weighted by Gasteiger charge is 2.37. The van der Waals surface area contributed by atoms with Crippen LogP contribution >= 0.6 is 0 Å². The van der Waals surface area contributed by atoms with E-state index in [0.29, 0.717) is 19.4 Å². The molecule has 0 aliphatic heterocycles. The molecule has 3 amide bonds. The molecule has 0 bridgehead atoms. The molecule has 9 heteroatoms.